The molecule has 0 aliphatic rings. The highest BCUT2D eigenvalue weighted by Crippen LogP contribution is 2.26. The number of nitrogens with two attached hydrogens (primary N) is 1. The van der Waals surface area contributed by atoms with Crippen LogP contribution in [0.5, 0.6) is 0 Å². The Bertz CT molecular complexity index is 987. The zero-order valence-corrected chi connectivity index (χ0v) is 15.9. The molecular weight excluding hydrogens is 362 g/mol. The maximum atomic E-state index is 11.5. The Morgan fingerprint density at radius 2 is 2.07 bits per heavy atom. The third-order valence-electron chi connectivity index (χ3n) is 4.05. The molecule has 0 saturated carbocycles. The molecule has 0 bridgehead atoms. The van der Waals surface area contributed by atoms with Crippen LogP contribution in [-0.2, 0) is 9.47 Å². The highest BCUT2D eigenvalue weighted by atomic mass is 16.5. The van der Waals surface area contributed by atoms with E-state index in [9.17, 15) is 4.79 Å². The molecule has 1 aromatic carbocycles. The normalized spacial score (nSPS) is 10.7. The van der Waals surface area contributed by atoms with Crippen molar-refractivity contribution in [2.75, 3.05) is 49.1 Å². The molecule has 10 nitrogen and oxygen atoms in total. The third-order valence-corrected chi connectivity index (χ3v) is 4.05. The van der Waals surface area contributed by atoms with E-state index in [1.165, 1.54) is 7.11 Å². The van der Waals surface area contributed by atoms with Crippen LogP contribution in [0.2, 0.25) is 0 Å². The van der Waals surface area contributed by atoms with Crippen molar-refractivity contribution in [3.63, 3.8) is 0 Å². The topological polar surface area (TPSA) is 128 Å². The minimum atomic E-state index is -0.532. The van der Waals surface area contributed by atoms with E-state index in [-0.39, 0.29) is 0 Å². The molecule has 0 fully saturated rings. The van der Waals surface area contributed by atoms with E-state index in [2.05, 4.69) is 30.8 Å². The molecule has 3 aromatic rings. The smallest absolute Gasteiger partial charge is 0.411 e. The summed E-state index contributed by atoms with van der Waals surface area (Å²) < 4.78 is 11.3. The zero-order chi connectivity index (χ0) is 20.1. The fraction of sp³-hybridized carbons (Fsp3) is 0.278. The Morgan fingerprint density at radius 3 is 2.82 bits per heavy atom. The number of amides is 1. The Morgan fingerprint density at radius 1 is 1.25 bits per heavy atom. The van der Waals surface area contributed by atoms with Crippen molar-refractivity contribution in [2.24, 2.45) is 0 Å². The molecule has 0 atom stereocenters. The van der Waals surface area contributed by atoms with Crippen molar-refractivity contribution in [1.29, 1.82) is 0 Å². The van der Waals surface area contributed by atoms with Gasteiger partial charge in [0.25, 0.3) is 0 Å². The Hall–Kier alpha value is -3.53. The van der Waals surface area contributed by atoms with Gasteiger partial charge in [0.15, 0.2) is 11.5 Å². The summed E-state index contributed by atoms with van der Waals surface area (Å²) in [6.07, 6.45) is 1.02. The van der Waals surface area contributed by atoms with Crippen LogP contribution in [-0.4, -0.2) is 48.1 Å². The average molecular weight is 385 g/mol. The maximum Gasteiger partial charge on any atom is 0.411 e. The van der Waals surface area contributed by atoms with Gasteiger partial charge in [0.1, 0.15) is 5.82 Å². The Kier molecular flexibility index (Phi) is 5.80. The number of ether oxygens (including phenoxy) is 2. The Balaban J connectivity index is 1.90. The van der Waals surface area contributed by atoms with Gasteiger partial charge in [0, 0.05) is 31.1 Å². The Labute approximate surface area is 162 Å². The zero-order valence-electron chi connectivity index (χ0n) is 15.9. The summed E-state index contributed by atoms with van der Waals surface area (Å²) in [6.45, 7) is 3.05. The van der Waals surface area contributed by atoms with E-state index in [0.717, 1.165) is 16.9 Å². The van der Waals surface area contributed by atoms with Gasteiger partial charge in [-0.15, -0.1) is 5.10 Å². The fourth-order valence-electron chi connectivity index (χ4n) is 2.61. The number of nitrogens with zero attached hydrogens (tertiary/aromatic N) is 3. The molecule has 2 aromatic heterocycles. The van der Waals surface area contributed by atoms with Gasteiger partial charge < -0.3 is 25.8 Å². The molecule has 2 heterocycles. The number of carbonyl (C=O) groups excluding carboxylic acids is 1. The van der Waals surface area contributed by atoms with Gasteiger partial charge >= 0.3 is 6.09 Å². The second kappa shape index (κ2) is 8.44. The lowest BCUT2D eigenvalue weighted by molar-refractivity contribution is 0.187. The summed E-state index contributed by atoms with van der Waals surface area (Å²) in [5.74, 6) is 0.982. The van der Waals surface area contributed by atoms with E-state index in [1.54, 1.807) is 23.9 Å². The third kappa shape index (κ3) is 4.23. The number of aryl methyl sites for hydroxylation is 1. The number of rotatable bonds is 7. The highest BCUT2D eigenvalue weighted by Gasteiger charge is 2.11. The number of anilines is 5. The molecule has 0 aliphatic heterocycles. The number of nitrogens with one attached hydrogen (secondary N) is 3. The summed E-state index contributed by atoms with van der Waals surface area (Å²) in [5.41, 5.74) is 9.65. The minimum Gasteiger partial charge on any atom is -0.453 e. The SMILES string of the molecule is COCCNc1cc(Nc2ccc(C)c(NC(=O)OC)c2)nn2c(N)cnc12. The summed E-state index contributed by atoms with van der Waals surface area (Å²) in [5, 5.41) is 13.7. The molecular formula is C18H23N7O3. The largest absolute Gasteiger partial charge is 0.453 e. The number of benzene rings is 1. The first kappa shape index (κ1) is 19.2. The van der Waals surface area contributed by atoms with Crippen LogP contribution in [0.15, 0.2) is 30.5 Å². The van der Waals surface area contributed by atoms with Crippen molar-refractivity contribution in [1.82, 2.24) is 14.6 Å². The van der Waals surface area contributed by atoms with Crippen molar-refractivity contribution >= 4 is 40.4 Å². The summed E-state index contributed by atoms with van der Waals surface area (Å²) in [6, 6.07) is 7.41. The standard InChI is InChI=1S/C18H23N7O3/c1-11-4-5-12(8-13(11)23-18(26)28-3)22-16-9-14(20-6-7-27-2)17-21-10-15(19)25(17)24-16/h4-5,8-10,20H,6-7,19H2,1-3H3,(H,22,24)(H,23,26). The predicted molar refractivity (Wildman–Crippen MR) is 108 cm³/mol. The number of imidazole rings is 1. The first-order chi connectivity index (χ1) is 13.5. The molecule has 5 N–H and O–H groups in total. The first-order valence-corrected chi connectivity index (χ1v) is 8.61. The van der Waals surface area contributed by atoms with Gasteiger partial charge in [0.05, 0.1) is 25.6 Å². The first-order valence-electron chi connectivity index (χ1n) is 8.61. The van der Waals surface area contributed by atoms with Gasteiger partial charge in [-0.25, -0.2) is 9.78 Å². The number of aromatic nitrogens is 3. The summed E-state index contributed by atoms with van der Waals surface area (Å²) in [4.78, 5) is 15.8. The lowest BCUT2D eigenvalue weighted by atomic mass is 10.2. The van der Waals surface area contributed by atoms with E-state index >= 15 is 0 Å². The van der Waals surface area contributed by atoms with Crippen LogP contribution in [0.1, 0.15) is 5.56 Å². The lowest BCUT2D eigenvalue weighted by Gasteiger charge is -2.13. The molecule has 10 heteroatoms. The number of methoxy groups -OCH3 is 2. The van der Waals surface area contributed by atoms with E-state index in [4.69, 9.17) is 10.5 Å². The van der Waals surface area contributed by atoms with Crippen molar-refractivity contribution in [3.05, 3.63) is 36.0 Å². The van der Waals surface area contributed by atoms with Crippen molar-refractivity contribution in [3.8, 4) is 0 Å². The molecule has 148 valence electrons. The van der Waals surface area contributed by atoms with Gasteiger partial charge in [-0.1, -0.05) is 6.07 Å². The molecule has 3 rings (SSSR count). The van der Waals surface area contributed by atoms with Gasteiger partial charge in [-0.3, -0.25) is 5.32 Å². The molecule has 0 unspecified atom stereocenters. The van der Waals surface area contributed by atoms with Crippen LogP contribution in [0.3, 0.4) is 0 Å². The van der Waals surface area contributed by atoms with Gasteiger partial charge in [-0.2, -0.15) is 4.52 Å². The summed E-state index contributed by atoms with van der Waals surface area (Å²) in [7, 11) is 2.96. The second-order valence-electron chi connectivity index (χ2n) is 6.05. The minimum absolute atomic E-state index is 0.422. The van der Waals surface area contributed by atoms with E-state index in [0.29, 0.717) is 36.1 Å². The quantitative estimate of drug-likeness (QED) is 0.457. The highest BCUT2D eigenvalue weighted by molar-refractivity contribution is 5.86. The van der Waals surface area contributed by atoms with Crippen LogP contribution in [0.25, 0.3) is 5.65 Å². The number of fused-ring (bicyclic) bond motifs is 1. The average Bonchev–Trinajstić information content (AvgIpc) is 3.05. The molecule has 1 amide bonds. The molecule has 0 spiro atoms. The van der Waals surface area contributed by atoms with Crippen LogP contribution < -0.4 is 21.7 Å². The number of nitrogen functional groups attached to an aromatic ring is 1. The van der Waals surface area contributed by atoms with E-state index in [1.807, 2.05) is 25.1 Å². The number of hydrogen-bond donors (Lipinski definition) is 4. The molecule has 0 saturated heterocycles. The van der Waals surface area contributed by atoms with Crippen molar-refractivity contribution in [2.45, 2.75) is 6.92 Å². The van der Waals surface area contributed by atoms with Crippen LogP contribution in [0, 0.1) is 6.92 Å². The molecule has 28 heavy (non-hydrogen) atoms. The summed E-state index contributed by atoms with van der Waals surface area (Å²) >= 11 is 0. The second-order valence-corrected chi connectivity index (χ2v) is 6.05. The monoisotopic (exact) mass is 385 g/mol. The van der Waals surface area contributed by atoms with Gasteiger partial charge in [-0.05, 0) is 24.6 Å². The lowest BCUT2D eigenvalue weighted by Crippen LogP contribution is -2.12. The number of carbonyl (C=O) groups is 1. The van der Waals surface area contributed by atoms with Crippen molar-refractivity contribution < 1.29 is 14.3 Å². The predicted octanol–water partition coefficient (Wildman–Crippen LogP) is 2.60. The van der Waals surface area contributed by atoms with Crippen LogP contribution >= 0.6 is 0 Å². The number of hydrogen-bond acceptors (Lipinski definition) is 8. The van der Waals surface area contributed by atoms with E-state index < -0.39 is 6.09 Å². The van der Waals surface area contributed by atoms with Crippen LogP contribution in [0.4, 0.5) is 33.5 Å². The maximum absolute atomic E-state index is 11.5. The fourth-order valence-corrected chi connectivity index (χ4v) is 2.61. The van der Waals surface area contributed by atoms with Gasteiger partial charge in [0.2, 0.25) is 0 Å². The molecule has 0 aliphatic carbocycles. The molecule has 0 radical (unpaired) electrons.